The Morgan fingerprint density at radius 1 is 0.973 bits per heavy atom. The molecule has 4 aromatic rings. The highest BCUT2D eigenvalue weighted by Gasteiger charge is 2.20. The van der Waals surface area contributed by atoms with Crippen LogP contribution in [0.3, 0.4) is 0 Å². The molecule has 6 rings (SSSR count). The summed E-state index contributed by atoms with van der Waals surface area (Å²) in [6.45, 7) is 7.06. The molecule has 3 heterocycles. The van der Waals surface area contributed by atoms with Crippen molar-refractivity contribution in [2.45, 2.75) is 19.8 Å². The number of nitrogens with zero attached hydrogens (tertiary/aromatic N) is 2. The summed E-state index contributed by atoms with van der Waals surface area (Å²) in [6, 6.07) is 14.1. The Morgan fingerprint density at radius 3 is 2.68 bits per heavy atom. The lowest BCUT2D eigenvalue weighted by molar-refractivity contribution is 0.174. The van der Waals surface area contributed by atoms with Crippen LogP contribution in [0.2, 0.25) is 0 Å². The predicted octanol–water partition coefficient (Wildman–Crippen LogP) is 6.03. The summed E-state index contributed by atoms with van der Waals surface area (Å²) in [5, 5.41) is 0.639. The number of fused-ring (bicyclic) bond motifs is 2. The van der Waals surface area contributed by atoms with Crippen molar-refractivity contribution in [1.29, 1.82) is 0 Å². The molecule has 1 fully saturated rings. The van der Waals surface area contributed by atoms with Gasteiger partial charge >= 0.3 is 0 Å². The zero-order valence-electron chi connectivity index (χ0n) is 20.7. The van der Waals surface area contributed by atoms with E-state index in [9.17, 15) is 8.78 Å². The van der Waals surface area contributed by atoms with E-state index in [1.54, 1.807) is 6.20 Å². The summed E-state index contributed by atoms with van der Waals surface area (Å²) >= 11 is 0. The maximum atomic E-state index is 14.0. The zero-order chi connectivity index (χ0) is 25.4. The van der Waals surface area contributed by atoms with Crippen LogP contribution in [0.4, 0.5) is 14.5 Å². The van der Waals surface area contributed by atoms with Gasteiger partial charge in [0.2, 0.25) is 6.79 Å². The Kier molecular flexibility index (Phi) is 6.34. The highest BCUT2D eigenvalue weighted by molar-refractivity contribution is 5.83. The first-order valence-electron chi connectivity index (χ1n) is 12.6. The molecular formula is C29H29F2N3O3. The number of rotatable bonds is 7. The van der Waals surface area contributed by atoms with Gasteiger partial charge in [0, 0.05) is 61.1 Å². The lowest BCUT2D eigenvalue weighted by Crippen LogP contribution is -2.46. The molecule has 0 saturated carbocycles. The molecule has 0 atom stereocenters. The number of hydrogen-bond acceptors (Lipinski definition) is 5. The maximum absolute atomic E-state index is 14.0. The van der Waals surface area contributed by atoms with Gasteiger partial charge < -0.3 is 24.1 Å². The van der Waals surface area contributed by atoms with Crippen LogP contribution in [-0.2, 0) is 6.42 Å². The summed E-state index contributed by atoms with van der Waals surface area (Å²) in [4.78, 5) is 7.81. The number of halogens is 2. The Hall–Kier alpha value is -3.78. The molecular weight excluding hydrogens is 476 g/mol. The van der Waals surface area contributed by atoms with Crippen LogP contribution < -0.4 is 19.1 Å². The van der Waals surface area contributed by atoms with Crippen LogP contribution in [-0.4, -0.2) is 49.4 Å². The molecule has 0 bridgehead atoms. The number of aryl methyl sites for hydroxylation is 1. The number of hydrogen-bond donors (Lipinski definition) is 1. The molecule has 2 aliphatic rings. The minimum absolute atomic E-state index is 0.238. The van der Waals surface area contributed by atoms with Gasteiger partial charge in [-0.3, -0.25) is 4.90 Å². The molecule has 1 aromatic heterocycles. The first-order chi connectivity index (χ1) is 18.0. The summed E-state index contributed by atoms with van der Waals surface area (Å²) in [5.41, 5.74) is 3.63. The fraction of sp³-hybridized carbons (Fsp3) is 0.310. The third-order valence-electron chi connectivity index (χ3n) is 7.25. The molecule has 37 heavy (non-hydrogen) atoms. The number of H-pyrrole nitrogens is 1. The second-order valence-corrected chi connectivity index (χ2v) is 9.57. The molecule has 0 unspecified atom stereocenters. The smallest absolute Gasteiger partial charge is 0.231 e. The molecule has 3 aromatic carbocycles. The van der Waals surface area contributed by atoms with Crippen LogP contribution in [0.1, 0.15) is 17.5 Å². The van der Waals surface area contributed by atoms with Crippen LogP contribution in [0.15, 0.2) is 54.7 Å². The van der Waals surface area contributed by atoms with Crippen LogP contribution in [0, 0.1) is 18.6 Å². The average Bonchev–Trinajstić information content (AvgIpc) is 3.53. The zero-order valence-corrected chi connectivity index (χ0v) is 20.7. The number of aromatic amines is 1. The van der Waals surface area contributed by atoms with Crippen LogP contribution >= 0.6 is 0 Å². The van der Waals surface area contributed by atoms with E-state index in [4.69, 9.17) is 14.2 Å². The van der Waals surface area contributed by atoms with E-state index in [0.29, 0.717) is 16.7 Å². The van der Waals surface area contributed by atoms with Crippen molar-refractivity contribution in [3.63, 3.8) is 0 Å². The molecule has 2 aliphatic heterocycles. The normalized spacial score (nSPS) is 15.5. The quantitative estimate of drug-likeness (QED) is 0.332. The van der Waals surface area contributed by atoms with Crippen molar-refractivity contribution < 1.29 is 23.0 Å². The van der Waals surface area contributed by atoms with Crippen molar-refractivity contribution in [3.05, 3.63) is 77.5 Å². The molecule has 8 heteroatoms. The number of piperazine rings is 1. The Bertz CT molecular complexity index is 1430. The fourth-order valence-electron chi connectivity index (χ4n) is 5.25. The van der Waals surface area contributed by atoms with E-state index in [-0.39, 0.29) is 6.79 Å². The van der Waals surface area contributed by atoms with E-state index in [1.165, 1.54) is 11.8 Å². The number of anilines is 1. The van der Waals surface area contributed by atoms with E-state index in [2.05, 4.69) is 27.8 Å². The lowest BCUT2D eigenvalue weighted by Gasteiger charge is -2.37. The summed E-state index contributed by atoms with van der Waals surface area (Å²) in [7, 11) is 0. The highest BCUT2D eigenvalue weighted by atomic mass is 19.1. The second kappa shape index (κ2) is 9.94. The predicted molar refractivity (Wildman–Crippen MR) is 139 cm³/mol. The van der Waals surface area contributed by atoms with Gasteiger partial charge in [-0.25, -0.2) is 8.78 Å². The van der Waals surface area contributed by atoms with E-state index in [1.807, 2.05) is 30.3 Å². The molecule has 192 valence electrons. The van der Waals surface area contributed by atoms with Crippen molar-refractivity contribution >= 4 is 16.6 Å². The third-order valence-corrected chi connectivity index (χ3v) is 7.25. The summed E-state index contributed by atoms with van der Waals surface area (Å²) in [6.07, 6.45) is 3.51. The monoisotopic (exact) mass is 505 g/mol. The van der Waals surface area contributed by atoms with Gasteiger partial charge in [0.05, 0.1) is 5.52 Å². The number of benzene rings is 3. The number of aromatic nitrogens is 1. The summed E-state index contributed by atoms with van der Waals surface area (Å²) < 4.78 is 44.7. The van der Waals surface area contributed by atoms with Gasteiger partial charge in [-0.1, -0.05) is 6.07 Å². The van der Waals surface area contributed by atoms with Crippen molar-refractivity contribution in [2.24, 2.45) is 0 Å². The Morgan fingerprint density at radius 2 is 1.81 bits per heavy atom. The fourth-order valence-corrected chi connectivity index (χ4v) is 5.25. The van der Waals surface area contributed by atoms with E-state index < -0.39 is 11.6 Å². The van der Waals surface area contributed by atoms with Gasteiger partial charge in [-0.2, -0.15) is 0 Å². The minimum atomic E-state index is -0.543. The number of nitrogens with one attached hydrogen (secondary N) is 1. The van der Waals surface area contributed by atoms with Gasteiger partial charge in [0.25, 0.3) is 0 Å². The topological polar surface area (TPSA) is 50.0 Å². The number of ether oxygens (including phenoxy) is 3. The second-order valence-electron chi connectivity index (χ2n) is 9.57. The largest absolute Gasteiger partial charge is 0.457 e. The molecule has 0 spiro atoms. The first-order valence-corrected chi connectivity index (χ1v) is 12.6. The van der Waals surface area contributed by atoms with Gasteiger partial charge in [0.1, 0.15) is 23.1 Å². The van der Waals surface area contributed by atoms with E-state index in [0.717, 1.165) is 80.0 Å². The van der Waals surface area contributed by atoms with Crippen molar-refractivity contribution in [1.82, 2.24) is 9.88 Å². The molecule has 1 saturated heterocycles. The Balaban J connectivity index is 1.04. The third kappa shape index (κ3) is 4.81. The van der Waals surface area contributed by atoms with E-state index >= 15 is 0 Å². The maximum Gasteiger partial charge on any atom is 0.231 e. The van der Waals surface area contributed by atoms with Crippen molar-refractivity contribution in [2.75, 3.05) is 44.4 Å². The SMILES string of the molecule is Cc1c(Oc2ccc3c(c2)OCO3)cccc1N1CCN(CCCc2c[nH]c3c(F)cc(F)cc23)CC1. The van der Waals surface area contributed by atoms with Gasteiger partial charge in [0.15, 0.2) is 11.5 Å². The van der Waals surface area contributed by atoms with Gasteiger partial charge in [-0.15, -0.1) is 0 Å². The van der Waals surface area contributed by atoms with Crippen molar-refractivity contribution in [3.8, 4) is 23.0 Å². The Labute approximate surface area is 214 Å². The highest BCUT2D eigenvalue weighted by Crippen LogP contribution is 2.38. The van der Waals surface area contributed by atoms with Crippen LogP contribution in [0.5, 0.6) is 23.0 Å². The summed E-state index contributed by atoms with van der Waals surface area (Å²) in [5.74, 6) is 1.90. The molecule has 0 amide bonds. The molecule has 0 aliphatic carbocycles. The minimum Gasteiger partial charge on any atom is -0.457 e. The lowest BCUT2D eigenvalue weighted by atomic mass is 10.1. The molecule has 6 nitrogen and oxygen atoms in total. The van der Waals surface area contributed by atoms with Crippen LogP contribution in [0.25, 0.3) is 10.9 Å². The molecule has 1 N–H and O–H groups in total. The van der Waals surface area contributed by atoms with Gasteiger partial charge in [-0.05, 0) is 62.2 Å². The molecule has 0 radical (unpaired) electrons. The standard InChI is InChI=1S/C29H29F2N3O3/c1-19-25(5-2-6-26(19)37-22-7-8-27-28(16-22)36-18-35-27)34-12-10-33(11-13-34)9-3-4-20-17-32-29-23(20)14-21(30)15-24(29)31/h2,5-8,14-17,32H,3-4,9-13,18H2,1H3. The first kappa shape index (κ1) is 23.6. The average molecular weight is 506 g/mol.